The molecule has 4 heteroatoms. The molecule has 2 rings (SSSR count). The second kappa shape index (κ2) is 5.68. The van der Waals surface area contributed by atoms with Crippen LogP contribution in [0.1, 0.15) is 5.56 Å². The van der Waals surface area contributed by atoms with E-state index in [0.717, 1.165) is 30.9 Å². The van der Waals surface area contributed by atoms with Gasteiger partial charge in [-0.05, 0) is 17.7 Å². The second-order valence-electron chi connectivity index (χ2n) is 4.36. The molecule has 1 aromatic rings. The molecular formula is C13H18N2O2. The Hall–Kier alpha value is -1.55. The van der Waals surface area contributed by atoms with Gasteiger partial charge in [-0.15, -0.1) is 0 Å². The summed E-state index contributed by atoms with van der Waals surface area (Å²) in [5.74, 6) is 1.47. The first-order valence-corrected chi connectivity index (χ1v) is 5.88. The van der Waals surface area contributed by atoms with Crippen molar-refractivity contribution in [2.75, 3.05) is 26.7 Å². The molecule has 0 aromatic heterocycles. The first-order chi connectivity index (χ1) is 8.28. The number of hydrogen-bond acceptors (Lipinski definition) is 3. The molecule has 0 unspecified atom stereocenters. The fraction of sp³-hybridized carbons (Fsp3) is 0.462. The summed E-state index contributed by atoms with van der Waals surface area (Å²) in [6.07, 6.45) is 0.414. The fourth-order valence-corrected chi connectivity index (χ4v) is 1.78. The van der Waals surface area contributed by atoms with Crippen LogP contribution in [-0.2, 0) is 11.2 Å². The van der Waals surface area contributed by atoms with E-state index in [-0.39, 0.29) is 5.91 Å². The Bertz CT molecular complexity index is 389. The summed E-state index contributed by atoms with van der Waals surface area (Å²) in [6.45, 7) is 2.80. The third-order valence-corrected chi connectivity index (χ3v) is 2.95. The van der Waals surface area contributed by atoms with E-state index in [1.54, 1.807) is 7.11 Å². The lowest BCUT2D eigenvalue weighted by molar-refractivity contribution is -0.120. The van der Waals surface area contributed by atoms with Crippen molar-refractivity contribution in [3.8, 4) is 5.75 Å². The van der Waals surface area contributed by atoms with E-state index < -0.39 is 0 Å². The van der Waals surface area contributed by atoms with Crippen LogP contribution in [0.5, 0.6) is 5.75 Å². The van der Waals surface area contributed by atoms with E-state index in [9.17, 15) is 4.79 Å². The fourth-order valence-electron chi connectivity index (χ4n) is 1.78. The van der Waals surface area contributed by atoms with Crippen molar-refractivity contribution >= 4 is 5.91 Å². The van der Waals surface area contributed by atoms with Crippen molar-refractivity contribution in [2.24, 2.45) is 5.92 Å². The number of hydrogen-bond donors (Lipinski definition) is 2. The van der Waals surface area contributed by atoms with Crippen LogP contribution in [0, 0.1) is 5.92 Å². The number of carbonyl (C=O) groups excluding carboxylic acids is 1. The van der Waals surface area contributed by atoms with Crippen molar-refractivity contribution in [1.82, 2.24) is 10.6 Å². The highest BCUT2D eigenvalue weighted by Crippen LogP contribution is 2.12. The van der Waals surface area contributed by atoms with Gasteiger partial charge >= 0.3 is 0 Å². The molecule has 0 saturated carbocycles. The monoisotopic (exact) mass is 234 g/mol. The van der Waals surface area contributed by atoms with Gasteiger partial charge in [0.1, 0.15) is 5.75 Å². The van der Waals surface area contributed by atoms with Crippen LogP contribution in [0.3, 0.4) is 0 Å². The van der Waals surface area contributed by atoms with Crippen molar-refractivity contribution in [3.05, 3.63) is 29.8 Å². The van der Waals surface area contributed by atoms with Crippen molar-refractivity contribution in [1.29, 1.82) is 0 Å². The van der Waals surface area contributed by atoms with Crippen molar-refractivity contribution in [2.45, 2.75) is 6.42 Å². The average Bonchev–Trinajstić information content (AvgIpc) is 2.27. The standard InChI is InChI=1S/C13H18N2O2/c1-17-12-4-2-3-10(5-12)6-13(16)15-9-11-7-14-8-11/h2-5,11,14H,6-9H2,1H3,(H,15,16). The third-order valence-electron chi connectivity index (χ3n) is 2.95. The van der Waals surface area contributed by atoms with Crippen LogP contribution in [0.25, 0.3) is 0 Å². The molecule has 0 bridgehead atoms. The molecular weight excluding hydrogens is 216 g/mol. The number of methoxy groups -OCH3 is 1. The lowest BCUT2D eigenvalue weighted by atomic mass is 10.0. The Morgan fingerprint density at radius 2 is 2.35 bits per heavy atom. The SMILES string of the molecule is COc1cccc(CC(=O)NCC2CNC2)c1. The molecule has 0 aliphatic carbocycles. The first kappa shape index (κ1) is 11.9. The van der Waals surface area contributed by atoms with Gasteiger partial charge in [0.2, 0.25) is 5.91 Å². The summed E-state index contributed by atoms with van der Waals surface area (Å²) in [5, 5.41) is 6.13. The number of rotatable bonds is 5. The van der Waals surface area contributed by atoms with E-state index in [2.05, 4.69) is 10.6 Å². The van der Waals surface area contributed by atoms with Gasteiger partial charge in [0.05, 0.1) is 13.5 Å². The molecule has 1 amide bonds. The van der Waals surface area contributed by atoms with Gasteiger partial charge in [-0.2, -0.15) is 0 Å². The zero-order valence-corrected chi connectivity index (χ0v) is 10.0. The van der Waals surface area contributed by atoms with E-state index >= 15 is 0 Å². The Kier molecular flexibility index (Phi) is 3.98. The molecule has 1 fully saturated rings. The molecule has 4 nitrogen and oxygen atoms in total. The van der Waals surface area contributed by atoms with Crippen LogP contribution >= 0.6 is 0 Å². The molecule has 1 aliphatic rings. The predicted molar refractivity (Wildman–Crippen MR) is 66.1 cm³/mol. The normalized spacial score (nSPS) is 15.1. The van der Waals surface area contributed by atoms with Gasteiger partial charge < -0.3 is 15.4 Å². The van der Waals surface area contributed by atoms with E-state index in [1.165, 1.54) is 0 Å². The molecule has 2 N–H and O–H groups in total. The lowest BCUT2D eigenvalue weighted by Crippen LogP contribution is -2.48. The minimum Gasteiger partial charge on any atom is -0.497 e. The molecule has 0 atom stereocenters. The predicted octanol–water partition coefficient (Wildman–Crippen LogP) is 0.573. The molecule has 1 aromatic carbocycles. The van der Waals surface area contributed by atoms with Gasteiger partial charge in [-0.3, -0.25) is 4.79 Å². The zero-order chi connectivity index (χ0) is 12.1. The number of amides is 1. The van der Waals surface area contributed by atoms with Crippen LogP contribution in [0.4, 0.5) is 0 Å². The van der Waals surface area contributed by atoms with Gasteiger partial charge in [-0.25, -0.2) is 0 Å². The van der Waals surface area contributed by atoms with Crippen LogP contribution in [0.15, 0.2) is 24.3 Å². The molecule has 1 aliphatic heterocycles. The summed E-state index contributed by atoms with van der Waals surface area (Å²) in [7, 11) is 1.63. The van der Waals surface area contributed by atoms with Crippen LogP contribution in [0.2, 0.25) is 0 Å². The van der Waals surface area contributed by atoms with Gasteiger partial charge in [-0.1, -0.05) is 12.1 Å². The molecule has 17 heavy (non-hydrogen) atoms. The molecule has 0 spiro atoms. The van der Waals surface area contributed by atoms with Gasteiger partial charge in [0.25, 0.3) is 0 Å². The highest BCUT2D eigenvalue weighted by atomic mass is 16.5. The second-order valence-corrected chi connectivity index (χ2v) is 4.36. The van der Waals surface area contributed by atoms with Crippen molar-refractivity contribution < 1.29 is 9.53 Å². The van der Waals surface area contributed by atoms with Crippen molar-refractivity contribution in [3.63, 3.8) is 0 Å². The topological polar surface area (TPSA) is 50.4 Å². The van der Waals surface area contributed by atoms with Gasteiger partial charge in [0.15, 0.2) is 0 Å². The summed E-state index contributed by atoms with van der Waals surface area (Å²) in [6, 6.07) is 7.61. The summed E-state index contributed by atoms with van der Waals surface area (Å²) in [5.41, 5.74) is 0.980. The zero-order valence-electron chi connectivity index (χ0n) is 10.0. The molecule has 1 heterocycles. The largest absolute Gasteiger partial charge is 0.497 e. The quantitative estimate of drug-likeness (QED) is 0.783. The number of benzene rings is 1. The summed E-state index contributed by atoms with van der Waals surface area (Å²) in [4.78, 5) is 11.7. The van der Waals surface area contributed by atoms with E-state index in [0.29, 0.717) is 12.3 Å². The minimum absolute atomic E-state index is 0.0742. The smallest absolute Gasteiger partial charge is 0.224 e. The third kappa shape index (κ3) is 3.46. The number of carbonyl (C=O) groups is 1. The van der Waals surface area contributed by atoms with Crippen LogP contribution < -0.4 is 15.4 Å². The van der Waals surface area contributed by atoms with Gasteiger partial charge in [0, 0.05) is 25.6 Å². The average molecular weight is 234 g/mol. The Balaban J connectivity index is 1.79. The van der Waals surface area contributed by atoms with E-state index in [1.807, 2.05) is 24.3 Å². The number of nitrogens with one attached hydrogen (secondary N) is 2. The lowest BCUT2D eigenvalue weighted by Gasteiger charge is -2.27. The van der Waals surface area contributed by atoms with E-state index in [4.69, 9.17) is 4.74 Å². The highest BCUT2D eigenvalue weighted by Gasteiger charge is 2.17. The Morgan fingerprint density at radius 3 is 3.00 bits per heavy atom. The maximum absolute atomic E-state index is 11.7. The molecule has 1 saturated heterocycles. The Morgan fingerprint density at radius 1 is 1.53 bits per heavy atom. The maximum Gasteiger partial charge on any atom is 0.224 e. The molecule has 0 radical (unpaired) electrons. The first-order valence-electron chi connectivity index (χ1n) is 5.88. The van der Waals surface area contributed by atoms with Crippen LogP contribution in [-0.4, -0.2) is 32.7 Å². The summed E-state index contributed by atoms with van der Waals surface area (Å²) >= 11 is 0. The summed E-state index contributed by atoms with van der Waals surface area (Å²) < 4.78 is 5.12. The maximum atomic E-state index is 11.7. The molecule has 92 valence electrons. The highest BCUT2D eigenvalue weighted by molar-refractivity contribution is 5.78. The number of ether oxygens (including phenoxy) is 1. The Labute approximate surface area is 101 Å². The minimum atomic E-state index is 0.0742.